The molecule has 3 heteroatoms. The van der Waals surface area contributed by atoms with E-state index in [-0.39, 0.29) is 5.41 Å². The van der Waals surface area contributed by atoms with Crippen molar-refractivity contribution >= 4 is 82.5 Å². The molecule has 0 unspecified atom stereocenters. The number of hydrogen-bond acceptors (Lipinski definition) is 3. The number of hydrogen-bond donors (Lipinski definition) is 0. The van der Waals surface area contributed by atoms with E-state index in [1.54, 1.807) is 0 Å². The maximum Gasteiger partial charge on any atom is 0.159 e. The van der Waals surface area contributed by atoms with Crippen molar-refractivity contribution in [3.8, 4) is 22.3 Å². The number of benzene rings is 9. The first-order valence-corrected chi connectivity index (χ1v) is 19.3. The molecular weight excluding hydrogens is 683 g/mol. The zero-order chi connectivity index (χ0) is 37.1. The predicted molar refractivity (Wildman–Crippen MR) is 234 cm³/mol. The summed E-state index contributed by atoms with van der Waals surface area (Å²) in [7, 11) is 0. The summed E-state index contributed by atoms with van der Waals surface area (Å²) in [5, 5.41) is 9.08. The Kier molecular flexibility index (Phi) is 6.40. The highest BCUT2D eigenvalue weighted by atomic mass is 16.3. The van der Waals surface area contributed by atoms with Crippen LogP contribution in [-0.4, -0.2) is 0 Å². The standard InChI is InChI=1S/C53H35NO2/c1-53(2)44-16-8-7-14-40(44)41-27-25-38(31-45(41)53)54(37-23-20-33(21-24-37)36-19-18-32-10-3-4-12-35(32)30-36)46-17-9-15-42-49-48(56-52(42)46)29-28-47-50(49)43-26-22-34-11-5-6-13-39(34)51(43)55-47/h3-31H,1-2H3. The maximum atomic E-state index is 6.96. The van der Waals surface area contributed by atoms with Crippen molar-refractivity contribution in [2.45, 2.75) is 19.3 Å². The number of para-hydroxylation sites is 1. The van der Waals surface area contributed by atoms with E-state index < -0.39 is 0 Å². The number of rotatable bonds is 4. The molecule has 1 aliphatic carbocycles. The van der Waals surface area contributed by atoms with Crippen LogP contribution in [0.4, 0.5) is 17.1 Å². The van der Waals surface area contributed by atoms with Gasteiger partial charge < -0.3 is 13.7 Å². The SMILES string of the molecule is CC1(C)c2ccccc2-c2ccc(N(c3ccc(-c4ccc5ccccc5c4)cc3)c3cccc4c3oc3ccc5oc6c7ccccc7ccc6c5c34)cc21. The lowest BCUT2D eigenvalue weighted by atomic mass is 9.82. The van der Waals surface area contributed by atoms with E-state index in [1.165, 1.54) is 44.2 Å². The molecule has 0 radical (unpaired) electrons. The Morgan fingerprint density at radius 1 is 0.411 bits per heavy atom. The van der Waals surface area contributed by atoms with Crippen LogP contribution < -0.4 is 4.90 Å². The van der Waals surface area contributed by atoms with Crippen LogP contribution in [0.2, 0.25) is 0 Å². The number of nitrogens with zero attached hydrogens (tertiary/aromatic N) is 1. The molecule has 12 rings (SSSR count). The molecular formula is C53H35NO2. The minimum Gasteiger partial charge on any atom is -0.455 e. The Balaban J connectivity index is 1.08. The zero-order valence-electron chi connectivity index (χ0n) is 31.0. The van der Waals surface area contributed by atoms with Crippen molar-refractivity contribution in [3.05, 3.63) is 187 Å². The molecule has 0 N–H and O–H groups in total. The van der Waals surface area contributed by atoms with Crippen molar-refractivity contribution in [1.82, 2.24) is 0 Å². The molecule has 0 atom stereocenters. The molecule has 0 spiro atoms. The Morgan fingerprint density at radius 2 is 1.04 bits per heavy atom. The molecule has 3 nitrogen and oxygen atoms in total. The highest BCUT2D eigenvalue weighted by Gasteiger charge is 2.36. The largest absolute Gasteiger partial charge is 0.455 e. The Labute approximate surface area is 323 Å². The lowest BCUT2D eigenvalue weighted by Crippen LogP contribution is -2.16. The first-order chi connectivity index (χ1) is 27.5. The van der Waals surface area contributed by atoms with Crippen LogP contribution >= 0.6 is 0 Å². The second-order valence-corrected chi connectivity index (χ2v) is 15.7. The number of anilines is 3. The highest BCUT2D eigenvalue weighted by molar-refractivity contribution is 6.29. The monoisotopic (exact) mass is 717 g/mol. The lowest BCUT2D eigenvalue weighted by molar-refractivity contribution is 0.660. The fourth-order valence-electron chi connectivity index (χ4n) is 9.47. The second kappa shape index (κ2) is 11.5. The van der Waals surface area contributed by atoms with Crippen molar-refractivity contribution < 1.29 is 8.83 Å². The van der Waals surface area contributed by atoms with Gasteiger partial charge in [0.1, 0.15) is 16.7 Å². The molecule has 0 fully saturated rings. The fraction of sp³-hybridized carbons (Fsp3) is 0.0566. The third kappa shape index (κ3) is 4.40. The smallest absolute Gasteiger partial charge is 0.159 e. The van der Waals surface area contributed by atoms with E-state index in [0.717, 1.165) is 71.7 Å². The quantitative estimate of drug-likeness (QED) is 0.182. The fourth-order valence-corrected chi connectivity index (χ4v) is 9.47. The van der Waals surface area contributed by atoms with E-state index in [4.69, 9.17) is 8.83 Å². The van der Waals surface area contributed by atoms with Gasteiger partial charge in [0, 0.05) is 43.7 Å². The van der Waals surface area contributed by atoms with Gasteiger partial charge in [-0.2, -0.15) is 0 Å². The van der Waals surface area contributed by atoms with Crippen LogP contribution in [0, 0.1) is 0 Å². The van der Waals surface area contributed by atoms with E-state index in [1.807, 2.05) is 0 Å². The molecule has 1 aliphatic rings. The molecule has 0 saturated heterocycles. The molecule has 0 bridgehead atoms. The second-order valence-electron chi connectivity index (χ2n) is 15.7. The maximum absolute atomic E-state index is 6.96. The van der Waals surface area contributed by atoms with E-state index >= 15 is 0 Å². The van der Waals surface area contributed by atoms with Crippen LogP contribution in [0.15, 0.2) is 185 Å². The molecule has 0 aliphatic heterocycles. The zero-order valence-corrected chi connectivity index (χ0v) is 31.0. The average molecular weight is 718 g/mol. The first-order valence-electron chi connectivity index (χ1n) is 19.3. The molecule has 11 aromatic rings. The van der Waals surface area contributed by atoms with Gasteiger partial charge in [-0.25, -0.2) is 0 Å². The average Bonchev–Trinajstić information content (AvgIpc) is 3.89. The summed E-state index contributed by atoms with van der Waals surface area (Å²) in [6.07, 6.45) is 0. The van der Waals surface area contributed by atoms with Gasteiger partial charge in [-0.3, -0.25) is 0 Å². The topological polar surface area (TPSA) is 29.5 Å². The van der Waals surface area contributed by atoms with Gasteiger partial charge in [-0.05, 0) is 104 Å². The van der Waals surface area contributed by atoms with Gasteiger partial charge in [-0.1, -0.05) is 135 Å². The third-order valence-corrected chi connectivity index (χ3v) is 12.2. The van der Waals surface area contributed by atoms with E-state index in [0.29, 0.717) is 0 Å². The van der Waals surface area contributed by atoms with E-state index in [9.17, 15) is 0 Å². The summed E-state index contributed by atoms with van der Waals surface area (Å²) in [6.45, 7) is 4.68. The van der Waals surface area contributed by atoms with Gasteiger partial charge in [0.2, 0.25) is 0 Å². The van der Waals surface area contributed by atoms with Crippen LogP contribution in [0.25, 0.3) is 87.7 Å². The van der Waals surface area contributed by atoms with E-state index in [2.05, 4.69) is 195 Å². The molecule has 56 heavy (non-hydrogen) atoms. The summed E-state index contributed by atoms with van der Waals surface area (Å²) < 4.78 is 13.6. The summed E-state index contributed by atoms with van der Waals surface area (Å²) in [5.74, 6) is 0. The van der Waals surface area contributed by atoms with Gasteiger partial charge in [0.25, 0.3) is 0 Å². The third-order valence-electron chi connectivity index (χ3n) is 12.2. The number of fused-ring (bicyclic) bond motifs is 13. The van der Waals surface area contributed by atoms with Gasteiger partial charge in [0.15, 0.2) is 5.58 Å². The summed E-state index contributed by atoms with van der Waals surface area (Å²) in [6, 6.07) is 63.5. The van der Waals surface area contributed by atoms with Gasteiger partial charge >= 0.3 is 0 Å². The lowest BCUT2D eigenvalue weighted by Gasteiger charge is -2.28. The highest BCUT2D eigenvalue weighted by Crippen LogP contribution is 2.52. The Morgan fingerprint density at radius 3 is 1.88 bits per heavy atom. The van der Waals surface area contributed by atoms with Gasteiger partial charge in [-0.15, -0.1) is 0 Å². The molecule has 0 saturated carbocycles. The van der Waals surface area contributed by atoms with Crippen LogP contribution in [0.3, 0.4) is 0 Å². The minimum atomic E-state index is -0.142. The van der Waals surface area contributed by atoms with Crippen LogP contribution in [0.1, 0.15) is 25.0 Å². The van der Waals surface area contributed by atoms with Crippen molar-refractivity contribution in [2.75, 3.05) is 4.90 Å². The Bertz CT molecular complexity index is 3400. The number of furan rings is 2. The summed E-state index contributed by atoms with van der Waals surface area (Å²) >= 11 is 0. The minimum absolute atomic E-state index is 0.142. The normalized spacial score (nSPS) is 13.3. The molecule has 2 aromatic heterocycles. The van der Waals surface area contributed by atoms with Crippen molar-refractivity contribution in [1.29, 1.82) is 0 Å². The molecule has 2 heterocycles. The first kappa shape index (κ1) is 31.3. The summed E-state index contributed by atoms with van der Waals surface area (Å²) in [5.41, 5.74) is 14.1. The van der Waals surface area contributed by atoms with Gasteiger partial charge in [0.05, 0.1) is 5.69 Å². The van der Waals surface area contributed by atoms with Crippen LogP contribution in [0.5, 0.6) is 0 Å². The Hall–Kier alpha value is -7.10. The summed E-state index contributed by atoms with van der Waals surface area (Å²) in [4.78, 5) is 2.37. The molecule has 0 amide bonds. The molecule has 264 valence electrons. The molecule has 9 aromatic carbocycles. The van der Waals surface area contributed by atoms with Crippen molar-refractivity contribution in [3.63, 3.8) is 0 Å². The predicted octanol–water partition coefficient (Wildman–Crippen LogP) is 15.2. The van der Waals surface area contributed by atoms with Crippen molar-refractivity contribution in [2.24, 2.45) is 0 Å². The van der Waals surface area contributed by atoms with Crippen LogP contribution in [-0.2, 0) is 5.41 Å².